The number of aromatic nitrogens is 1. The average molecular weight is 401 g/mol. The molecule has 1 aliphatic rings. The molecule has 0 radical (unpaired) electrons. The number of hydrogen-bond acceptors (Lipinski definition) is 6. The Hall–Kier alpha value is -4.33. The minimum atomic E-state index is -1.18. The summed E-state index contributed by atoms with van der Waals surface area (Å²) in [5.74, 6) is -2.32. The zero-order valence-electron chi connectivity index (χ0n) is 15.5. The van der Waals surface area contributed by atoms with Crippen molar-refractivity contribution in [3.63, 3.8) is 0 Å². The maximum atomic E-state index is 13.0. The van der Waals surface area contributed by atoms with Crippen molar-refractivity contribution in [2.24, 2.45) is 0 Å². The summed E-state index contributed by atoms with van der Waals surface area (Å²) in [6.07, 6.45) is 1.43. The van der Waals surface area contributed by atoms with Gasteiger partial charge in [-0.2, -0.15) is 0 Å². The number of rotatable bonds is 4. The smallest absolute Gasteiger partial charge is 0.300 e. The number of carbonyl (C=O) groups is 2. The van der Waals surface area contributed by atoms with Gasteiger partial charge in [0.15, 0.2) is 5.76 Å². The molecule has 1 N–H and O–H groups in total. The number of pyridine rings is 1. The number of aliphatic hydroxyl groups is 1. The minimum absolute atomic E-state index is 0.0899. The Morgan fingerprint density at radius 2 is 1.63 bits per heavy atom. The van der Waals surface area contributed by atoms with Crippen molar-refractivity contribution in [3.05, 3.63) is 106 Å². The van der Waals surface area contributed by atoms with E-state index < -0.39 is 28.4 Å². The summed E-state index contributed by atoms with van der Waals surface area (Å²) in [5.41, 5.74) is 0.0621. The highest BCUT2D eigenvalue weighted by molar-refractivity contribution is 6.51. The molecular formula is C22H15N3O5. The first-order chi connectivity index (χ1) is 14.5. The number of anilines is 1. The third kappa shape index (κ3) is 3.10. The topological polar surface area (TPSA) is 114 Å². The van der Waals surface area contributed by atoms with Crippen LogP contribution in [0.25, 0.3) is 5.76 Å². The van der Waals surface area contributed by atoms with E-state index in [2.05, 4.69) is 4.98 Å². The predicted octanol–water partition coefficient (Wildman–Crippen LogP) is 3.62. The van der Waals surface area contributed by atoms with E-state index in [0.29, 0.717) is 5.69 Å². The maximum Gasteiger partial charge on any atom is 0.300 e. The van der Waals surface area contributed by atoms with Gasteiger partial charge in [0.25, 0.3) is 17.4 Å². The second-order valence-corrected chi connectivity index (χ2v) is 6.54. The number of para-hydroxylation sites is 2. The van der Waals surface area contributed by atoms with Crippen LogP contribution in [0.3, 0.4) is 0 Å². The SMILES string of the molecule is O=C1C(=O)N(c2ccccc2)C(c2ccccc2[N+](=O)[O-])/C1=C(\O)c1ccccn1. The van der Waals surface area contributed by atoms with Gasteiger partial charge < -0.3 is 5.11 Å². The first-order valence-electron chi connectivity index (χ1n) is 9.01. The first kappa shape index (κ1) is 19.0. The number of aliphatic hydroxyl groups excluding tert-OH is 1. The predicted molar refractivity (Wildman–Crippen MR) is 109 cm³/mol. The normalized spacial score (nSPS) is 17.9. The van der Waals surface area contributed by atoms with Crippen LogP contribution in [-0.4, -0.2) is 26.7 Å². The molecule has 3 aromatic rings. The Morgan fingerprint density at radius 3 is 2.30 bits per heavy atom. The molecule has 8 nitrogen and oxygen atoms in total. The molecule has 148 valence electrons. The van der Waals surface area contributed by atoms with Crippen molar-refractivity contribution in [1.82, 2.24) is 4.98 Å². The molecule has 1 saturated heterocycles. The van der Waals surface area contributed by atoms with Crippen LogP contribution in [0.1, 0.15) is 17.3 Å². The van der Waals surface area contributed by atoms with Crippen LogP contribution in [0.15, 0.2) is 84.6 Å². The van der Waals surface area contributed by atoms with E-state index in [1.807, 2.05) is 0 Å². The third-order valence-electron chi connectivity index (χ3n) is 4.81. The van der Waals surface area contributed by atoms with Gasteiger partial charge in [-0.15, -0.1) is 0 Å². The molecule has 1 aliphatic heterocycles. The number of benzene rings is 2. The molecule has 1 amide bonds. The van der Waals surface area contributed by atoms with E-state index in [0.717, 1.165) is 0 Å². The lowest BCUT2D eigenvalue weighted by Gasteiger charge is -2.25. The van der Waals surface area contributed by atoms with Gasteiger partial charge in [0.1, 0.15) is 11.7 Å². The van der Waals surface area contributed by atoms with Crippen LogP contribution in [0.2, 0.25) is 0 Å². The molecule has 0 bridgehead atoms. The number of nitrogens with zero attached hydrogens (tertiary/aromatic N) is 3. The van der Waals surface area contributed by atoms with Gasteiger partial charge >= 0.3 is 0 Å². The minimum Gasteiger partial charge on any atom is -0.505 e. The van der Waals surface area contributed by atoms with Gasteiger partial charge in [0, 0.05) is 18.0 Å². The molecule has 8 heteroatoms. The van der Waals surface area contributed by atoms with Gasteiger partial charge in [0.05, 0.1) is 16.1 Å². The molecule has 2 heterocycles. The van der Waals surface area contributed by atoms with Gasteiger partial charge in [-0.3, -0.25) is 29.6 Å². The van der Waals surface area contributed by atoms with Crippen LogP contribution >= 0.6 is 0 Å². The van der Waals surface area contributed by atoms with Crippen LogP contribution in [0, 0.1) is 10.1 Å². The highest BCUT2D eigenvalue weighted by Gasteiger charge is 2.49. The highest BCUT2D eigenvalue weighted by atomic mass is 16.6. The van der Waals surface area contributed by atoms with Crippen molar-refractivity contribution < 1.29 is 19.6 Å². The van der Waals surface area contributed by atoms with Gasteiger partial charge in [-0.05, 0) is 30.3 Å². The fourth-order valence-corrected chi connectivity index (χ4v) is 3.51. The number of ketones is 1. The van der Waals surface area contributed by atoms with Crippen molar-refractivity contribution in [2.45, 2.75) is 6.04 Å². The Kier molecular flexibility index (Phi) is 4.81. The molecule has 0 spiro atoms. The summed E-state index contributed by atoms with van der Waals surface area (Å²) in [6, 6.07) is 17.7. The lowest BCUT2D eigenvalue weighted by atomic mass is 9.95. The number of nitro benzene ring substituents is 1. The monoisotopic (exact) mass is 401 g/mol. The summed E-state index contributed by atoms with van der Waals surface area (Å²) in [7, 11) is 0. The summed E-state index contributed by atoms with van der Waals surface area (Å²) < 4.78 is 0. The lowest BCUT2D eigenvalue weighted by molar-refractivity contribution is -0.385. The van der Waals surface area contributed by atoms with E-state index in [9.17, 15) is 24.8 Å². The number of amides is 1. The Morgan fingerprint density at radius 1 is 0.967 bits per heavy atom. The van der Waals surface area contributed by atoms with Gasteiger partial charge in [0.2, 0.25) is 0 Å². The molecule has 1 unspecified atom stereocenters. The van der Waals surface area contributed by atoms with Crippen molar-refractivity contribution in [3.8, 4) is 0 Å². The van der Waals surface area contributed by atoms with Crippen molar-refractivity contribution in [2.75, 3.05) is 4.90 Å². The zero-order valence-corrected chi connectivity index (χ0v) is 15.5. The highest BCUT2D eigenvalue weighted by Crippen LogP contribution is 2.44. The maximum absolute atomic E-state index is 13.0. The Bertz CT molecular complexity index is 1180. The molecule has 0 aliphatic carbocycles. The summed E-state index contributed by atoms with van der Waals surface area (Å²) in [5, 5.41) is 22.5. The fourth-order valence-electron chi connectivity index (χ4n) is 3.51. The fraction of sp³-hybridized carbons (Fsp3) is 0.0455. The number of Topliss-reactive ketones (excluding diaryl/α,β-unsaturated/α-hetero) is 1. The van der Waals surface area contributed by atoms with Crippen molar-refractivity contribution in [1.29, 1.82) is 0 Å². The van der Waals surface area contributed by atoms with Crippen molar-refractivity contribution >= 4 is 28.8 Å². The number of hydrogen-bond donors (Lipinski definition) is 1. The lowest BCUT2D eigenvalue weighted by Crippen LogP contribution is -2.29. The van der Waals surface area contributed by atoms with Gasteiger partial charge in [-0.25, -0.2) is 0 Å². The van der Waals surface area contributed by atoms with Crippen LogP contribution in [-0.2, 0) is 9.59 Å². The summed E-state index contributed by atoms with van der Waals surface area (Å²) in [6.45, 7) is 0. The average Bonchev–Trinajstić information content (AvgIpc) is 3.05. The molecule has 2 aromatic carbocycles. The Labute approximate surface area is 170 Å². The molecule has 1 fully saturated rings. The molecule has 1 atom stereocenters. The Balaban J connectivity index is 2.02. The number of carbonyl (C=O) groups excluding carboxylic acids is 2. The van der Waals surface area contributed by atoms with E-state index >= 15 is 0 Å². The quantitative estimate of drug-likeness (QED) is 0.235. The molecule has 0 saturated carbocycles. The second kappa shape index (κ2) is 7.59. The summed E-state index contributed by atoms with van der Waals surface area (Å²) >= 11 is 0. The molecule has 1 aromatic heterocycles. The van der Waals surface area contributed by atoms with E-state index in [1.165, 1.54) is 35.4 Å². The zero-order chi connectivity index (χ0) is 21.3. The van der Waals surface area contributed by atoms with E-state index in [1.54, 1.807) is 48.5 Å². The standard InChI is InChI=1S/C22H15N3O5/c26-20(16-11-6-7-13-23-16)18-19(15-10-4-5-12-17(15)25(29)30)24(22(28)21(18)27)14-8-2-1-3-9-14/h1-13,19,26H/b20-18+. The van der Waals surface area contributed by atoms with Crippen LogP contribution < -0.4 is 4.90 Å². The third-order valence-corrected chi connectivity index (χ3v) is 4.81. The molecular weight excluding hydrogens is 386 g/mol. The molecule has 4 rings (SSSR count). The van der Waals surface area contributed by atoms with E-state index in [4.69, 9.17) is 0 Å². The van der Waals surface area contributed by atoms with Crippen LogP contribution in [0.4, 0.5) is 11.4 Å². The molecule has 30 heavy (non-hydrogen) atoms. The number of nitro groups is 1. The summed E-state index contributed by atoms with van der Waals surface area (Å²) in [4.78, 5) is 42.2. The first-order valence-corrected chi connectivity index (χ1v) is 9.01. The largest absolute Gasteiger partial charge is 0.505 e. The van der Waals surface area contributed by atoms with Gasteiger partial charge in [-0.1, -0.05) is 36.4 Å². The second-order valence-electron chi connectivity index (χ2n) is 6.54. The van der Waals surface area contributed by atoms with E-state index in [-0.39, 0.29) is 22.5 Å². The van der Waals surface area contributed by atoms with Crippen LogP contribution in [0.5, 0.6) is 0 Å².